The normalized spacial score (nSPS) is 34.1. The van der Waals surface area contributed by atoms with Crippen molar-refractivity contribution in [2.24, 2.45) is 11.8 Å². The molecular formula is C65H107N9O37. The van der Waals surface area contributed by atoms with Crippen LogP contribution in [0, 0.1) is 11.8 Å². The third-order valence-corrected chi connectivity index (χ3v) is 18.3. The van der Waals surface area contributed by atoms with Crippen molar-refractivity contribution in [3.8, 4) is 0 Å². The Balaban J connectivity index is 1.60. The Morgan fingerprint density at radius 3 is 1.18 bits per heavy atom. The molecule has 5 aliphatic heterocycles. The van der Waals surface area contributed by atoms with Gasteiger partial charge >= 0.3 is 17.9 Å². The number of carbonyl (C=O) groups is 12. The lowest BCUT2D eigenvalue weighted by Gasteiger charge is -2.52. The first kappa shape index (κ1) is 94.4. The number of aliphatic hydroxyl groups is 12. The minimum atomic E-state index is -2.23. The van der Waals surface area contributed by atoms with Crippen LogP contribution in [0.15, 0.2) is 0 Å². The number of hydrogen-bond donors (Lipinski definition) is 22. The summed E-state index contributed by atoms with van der Waals surface area (Å²) in [5.74, 6) is -14.5. The van der Waals surface area contributed by atoms with Crippen molar-refractivity contribution >= 4 is 71.1 Å². The fraction of sp³-hybridized carbons (Fsp3) is 0.815. The van der Waals surface area contributed by atoms with E-state index in [1.807, 2.05) is 0 Å². The summed E-state index contributed by atoms with van der Waals surface area (Å²) < 4.78 is 70.8. The van der Waals surface area contributed by atoms with Gasteiger partial charge in [-0.25, -0.2) is 4.79 Å². The van der Waals surface area contributed by atoms with E-state index in [1.54, 1.807) is 0 Å². The van der Waals surface area contributed by atoms with E-state index in [2.05, 4.69) is 47.9 Å². The smallest absolute Gasteiger partial charge is 0.326 e. The van der Waals surface area contributed by atoms with E-state index in [0.29, 0.717) is 0 Å². The molecule has 5 rings (SSSR count). The zero-order valence-corrected chi connectivity index (χ0v) is 63.0. The lowest BCUT2D eigenvalue weighted by molar-refractivity contribution is -0.396. The number of rotatable bonds is 36. The molecule has 111 heavy (non-hydrogen) atoms. The van der Waals surface area contributed by atoms with Crippen molar-refractivity contribution in [1.29, 1.82) is 0 Å². The van der Waals surface area contributed by atoms with Crippen LogP contribution in [0.4, 0.5) is 0 Å². The molecule has 22 N–H and O–H groups in total. The molecule has 0 aliphatic carbocycles. The van der Waals surface area contributed by atoms with Crippen molar-refractivity contribution in [2.75, 3.05) is 39.6 Å². The molecule has 0 radical (unpaired) electrons. The summed E-state index contributed by atoms with van der Waals surface area (Å²) in [6, 6.07) is -15.9. The highest BCUT2D eigenvalue weighted by atomic mass is 16.8. The minimum absolute atomic E-state index is 0.580. The molecule has 32 atom stereocenters. The van der Waals surface area contributed by atoms with Gasteiger partial charge in [-0.2, -0.15) is 0 Å². The van der Waals surface area contributed by atoms with Crippen LogP contribution in [0.3, 0.4) is 0 Å². The predicted octanol–water partition coefficient (Wildman–Crippen LogP) is -12.6. The van der Waals surface area contributed by atoms with Crippen LogP contribution < -0.4 is 47.9 Å². The average molecular weight is 1610 g/mol. The van der Waals surface area contributed by atoms with E-state index >= 15 is 0 Å². The Bertz CT molecular complexity index is 3170. The van der Waals surface area contributed by atoms with E-state index in [0.717, 1.165) is 41.5 Å². The Morgan fingerprint density at radius 1 is 0.351 bits per heavy atom. The summed E-state index contributed by atoms with van der Waals surface area (Å²) in [7, 11) is 0. The molecule has 634 valence electrons. The van der Waals surface area contributed by atoms with Crippen molar-refractivity contribution in [1.82, 2.24) is 47.9 Å². The average Bonchev–Trinajstić information content (AvgIpc) is 0.754. The second kappa shape index (κ2) is 42.8. The number of hydrogen-bond acceptors (Lipinski definition) is 36. The summed E-state index contributed by atoms with van der Waals surface area (Å²) >= 11 is 0. The lowest BCUT2D eigenvalue weighted by Crippen LogP contribution is -2.72. The summed E-state index contributed by atoms with van der Waals surface area (Å²) in [6.07, 6.45) is -45.4. The van der Waals surface area contributed by atoms with Crippen molar-refractivity contribution in [3.63, 3.8) is 0 Å². The number of esters is 2. The van der Waals surface area contributed by atoms with E-state index in [4.69, 9.17) is 56.8 Å². The number of amides is 9. The third-order valence-electron chi connectivity index (χ3n) is 18.3. The maximum Gasteiger partial charge on any atom is 0.326 e. The van der Waals surface area contributed by atoms with Gasteiger partial charge in [0.2, 0.25) is 53.2 Å². The predicted molar refractivity (Wildman–Crippen MR) is 362 cm³/mol. The Hall–Kier alpha value is -7.24. The van der Waals surface area contributed by atoms with E-state index < -0.39 is 318 Å². The Morgan fingerprint density at radius 2 is 0.739 bits per heavy atom. The zero-order chi connectivity index (χ0) is 83.6. The van der Waals surface area contributed by atoms with Crippen LogP contribution in [0.1, 0.15) is 90.0 Å². The number of nitrogens with one attached hydrogen (secondary N) is 9. The lowest BCUT2D eigenvalue weighted by atomic mass is 9.93. The van der Waals surface area contributed by atoms with Gasteiger partial charge in [0.1, 0.15) is 165 Å². The van der Waals surface area contributed by atoms with Crippen molar-refractivity contribution in [3.05, 3.63) is 0 Å². The molecule has 0 saturated carbocycles. The van der Waals surface area contributed by atoms with Crippen LogP contribution in [0.5, 0.6) is 0 Å². The minimum Gasteiger partial charge on any atom is -0.480 e. The molecule has 0 bridgehead atoms. The highest BCUT2D eigenvalue weighted by molar-refractivity contribution is 5.97. The van der Waals surface area contributed by atoms with Gasteiger partial charge < -0.3 is 171 Å². The highest BCUT2D eigenvalue weighted by Gasteiger charge is 2.59. The number of aliphatic carboxylic acids is 1. The monoisotopic (exact) mass is 1610 g/mol. The van der Waals surface area contributed by atoms with Gasteiger partial charge in [0.25, 0.3) is 0 Å². The molecule has 5 fully saturated rings. The van der Waals surface area contributed by atoms with Gasteiger partial charge in [-0.1, -0.05) is 27.7 Å². The number of carboxylic acid groups (broad SMARTS) is 1. The number of carbonyl (C=O) groups excluding carboxylic acids is 11. The van der Waals surface area contributed by atoms with Crippen LogP contribution in [-0.4, -0.2) is 373 Å². The summed E-state index contributed by atoms with van der Waals surface area (Å²) in [6.45, 7) is 9.11. The largest absolute Gasteiger partial charge is 0.480 e. The zero-order valence-electron chi connectivity index (χ0n) is 63.0. The summed E-state index contributed by atoms with van der Waals surface area (Å²) in [5, 5.41) is 164. The maximum atomic E-state index is 14.8. The molecule has 5 aliphatic rings. The molecule has 0 spiro atoms. The van der Waals surface area contributed by atoms with Gasteiger partial charge in [-0.3, -0.25) is 52.7 Å². The fourth-order valence-electron chi connectivity index (χ4n) is 12.1. The van der Waals surface area contributed by atoms with Gasteiger partial charge in [-0.15, -0.1) is 0 Å². The van der Waals surface area contributed by atoms with Crippen LogP contribution in [-0.2, 0) is 114 Å². The number of carboxylic acids is 1. The summed E-state index contributed by atoms with van der Waals surface area (Å²) in [5.41, 5.74) is 0. The van der Waals surface area contributed by atoms with Crippen molar-refractivity contribution < 1.29 is 181 Å². The molecule has 0 unspecified atom stereocenters. The Kier molecular flexibility index (Phi) is 36.3. The third kappa shape index (κ3) is 25.6. The molecular weight excluding hydrogens is 1500 g/mol. The van der Waals surface area contributed by atoms with Crippen LogP contribution >= 0.6 is 0 Å². The SMILES string of the molecule is CC(=O)N[C@H]1[C@H](O[C@H]2[C@@H](O)[C@@H](CO)O[C@H](OC[C@H](NC(=O)[C@H](COC(C)=O)NC(=O)[C@H](COC(C)=O)NC(C)=O)C(=O)N[C@@H](C)C(=O)N[C@H](C(=O)N[C@@H](C)C(=O)N[C@H](C(=O)O)C(C)C)C(C)C)[C@@H]2NC(C)=O)O[C@H](CO)[C@@H](O[C@@H]2O[C@H](CO)[C@H](O)[C@H](O)[C@H]2O[C@@H]2O[C@@H](C)[C@@H](O)[C@@H](O)[C@@H]2O)[C@@H]1O[C@@H]1O[C@@H](C)[C@@H](O)[C@@H](O)[C@@H]1O. The van der Waals surface area contributed by atoms with E-state index in [9.17, 15) is 124 Å². The molecule has 0 aromatic heterocycles. The number of ether oxygens (including phenoxy) is 12. The van der Waals surface area contributed by atoms with E-state index in [-0.39, 0.29) is 0 Å². The summed E-state index contributed by atoms with van der Waals surface area (Å²) in [4.78, 5) is 159. The molecule has 46 nitrogen and oxygen atoms in total. The van der Waals surface area contributed by atoms with Crippen LogP contribution in [0.2, 0.25) is 0 Å². The van der Waals surface area contributed by atoms with Gasteiger partial charge in [0.05, 0.1) is 38.6 Å². The maximum absolute atomic E-state index is 14.8. The number of aliphatic hydroxyl groups excluding tert-OH is 12. The topological polar surface area (TPSA) is 687 Å². The first-order chi connectivity index (χ1) is 51.9. The molecule has 0 aromatic carbocycles. The molecule has 0 aromatic rings. The molecule has 5 heterocycles. The fourth-order valence-corrected chi connectivity index (χ4v) is 12.1. The first-order valence-electron chi connectivity index (χ1n) is 35.5. The van der Waals surface area contributed by atoms with Gasteiger partial charge in [0.15, 0.2) is 31.5 Å². The Labute approximate surface area is 635 Å². The second-order valence-electron chi connectivity index (χ2n) is 27.9. The molecule has 9 amide bonds. The van der Waals surface area contributed by atoms with Crippen LogP contribution in [0.25, 0.3) is 0 Å². The molecule has 5 saturated heterocycles. The first-order valence-corrected chi connectivity index (χ1v) is 35.5. The van der Waals surface area contributed by atoms with Gasteiger partial charge in [-0.05, 0) is 39.5 Å². The van der Waals surface area contributed by atoms with Crippen molar-refractivity contribution in [2.45, 2.75) is 286 Å². The standard InChI is InChI=1S/C65H107N9O37/c1-20(2)37(59(97)67-23(6)55(93)74-38(21(3)4)60(98)99)73-54(92)22(5)66-56(94)33(72-58(96)32(18-101-30(13)82)71-57(95)31(68-26(9)78)17-100-29(12)81)19-102-61-39(69-27(10)79)51(44(86)35(15-76)105-61)109-62-40(70-28(11)80)52(110-63-48(90)45(87)41(83)24(7)103-63)50(36(16-77)107-62)108-65-53(47(89)43(85)34(14-75)106-65)111-64-49(91)46(88)42(84)25(8)104-64/h20-25,31-53,61-65,75-77,83-91H,14-19H2,1-13H3,(H,66,94)(H,67,97)(H,68,78)(H,69,79)(H,70,80)(H,71,95)(H,72,96)(H,73,92)(H,74,93)(H,98,99)/t22-,23-,24-,25-,31-,32-,33-,34+,35+,36+,37-,38-,39+,40+,41+,42+,43-,44-,45+,46+,47-,48-,49-,50+,51+,52+,53+,61-,62-,63-,64-,65-/m0/s1. The quantitative estimate of drug-likeness (QED) is 0.0259. The van der Waals surface area contributed by atoms with E-state index in [1.165, 1.54) is 48.5 Å². The highest BCUT2D eigenvalue weighted by Crippen LogP contribution is 2.38. The molecule has 46 heteroatoms. The second-order valence-corrected chi connectivity index (χ2v) is 27.9. The van der Waals surface area contributed by atoms with Gasteiger partial charge in [0, 0.05) is 34.6 Å².